The molecule has 1 aliphatic rings. The molecular weight excluding hydrogens is 254 g/mol. The van der Waals surface area contributed by atoms with Gasteiger partial charge in [-0.3, -0.25) is 0 Å². The third-order valence-electron chi connectivity index (χ3n) is 3.40. The number of hydrogen-bond donors (Lipinski definition) is 1. The molecule has 7 heteroatoms. The summed E-state index contributed by atoms with van der Waals surface area (Å²) in [5.74, 6) is 0.691. The molecule has 1 saturated heterocycles. The largest absolute Gasteiger partial charge is 0.395 e. The Hall–Kier alpha value is -0.920. The molecule has 1 fully saturated rings. The Bertz CT molecular complexity index is 524. The number of aromatic nitrogens is 2. The maximum Gasteiger partial charge on any atom is 0.262 e. The minimum Gasteiger partial charge on any atom is -0.395 e. The van der Waals surface area contributed by atoms with Gasteiger partial charge in [-0.1, -0.05) is 0 Å². The Labute approximate surface area is 107 Å². The highest BCUT2D eigenvalue weighted by Gasteiger charge is 2.36. The maximum atomic E-state index is 12.4. The quantitative estimate of drug-likeness (QED) is 0.859. The van der Waals surface area contributed by atoms with Gasteiger partial charge in [-0.05, 0) is 26.7 Å². The van der Waals surface area contributed by atoms with Crippen molar-refractivity contribution >= 4 is 10.0 Å². The van der Waals surface area contributed by atoms with E-state index in [0.29, 0.717) is 25.3 Å². The molecule has 1 unspecified atom stereocenters. The lowest BCUT2D eigenvalue weighted by Crippen LogP contribution is -2.37. The lowest BCUT2D eigenvalue weighted by atomic mass is 10.2. The van der Waals surface area contributed by atoms with Gasteiger partial charge in [0.15, 0.2) is 5.03 Å². The van der Waals surface area contributed by atoms with Gasteiger partial charge >= 0.3 is 0 Å². The number of rotatable bonds is 4. The predicted octanol–water partition coefficient (Wildman–Crippen LogP) is 0.357. The number of imidazole rings is 1. The van der Waals surface area contributed by atoms with Crippen LogP contribution in [0.4, 0.5) is 0 Å². The third kappa shape index (κ3) is 2.17. The van der Waals surface area contributed by atoms with Crippen molar-refractivity contribution in [2.45, 2.75) is 44.3 Å². The van der Waals surface area contributed by atoms with Crippen molar-refractivity contribution in [3.63, 3.8) is 0 Å². The van der Waals surface area contributed by atoms with Gasteiger partial charge in [0.05, 0.1) is 6.61 Å². The monoisotopic (exact) mass is 273 g/mol. The van der Waals surface area contributed by atoms with E-state index in [0.717, 1.165) is 6.42 Å². The van der Waals surface area contributed by atoms with E-state index in [1.165, 1.54) is 4.31 Å². The van der Waals surface area contributed by atoms with E-state index in [1.54, 1.807) is 17.7 Å². The van der Waals surface area contributed by atoms with Crippen molar-refractivity contribution in [2.75, 3.05) is 13.2 Å². The van der Waals surface area contributed by atoms with Gasteiger partial charge in [0.2, 0.25) is 0 Å². The summed E-state index contributed by atoms with van der Waals surface area (Å²) in [5.41, 5.74) is 0. The summed E-state index contributed by atoms with van der Waals surface area (Å²) in [6.45, 7) is 4.75. The molecule has 1 N–H and O–H groups in total. The van der Waals surface area contributed by atoms with E-state index in [2.05, 4.69) is 4.98 Å². The molecule has 0 aromatic carbocycles. The first-order valence-corrected chi connectivity index (χ1v) is 7.61. The number of hydrogen-bond acceptors (Lipinski definition) is 4. The van der Waals surface area contributed by atoms with Gasteiger partial charge in [-0.25, -0.2) is 13.4 Å². The van der Waals surface area contributed by atoms with Crippen LogP contribution >= 0.6 is 0 Å². The third-order valence-corrected chi connectivity index (χ3v) is 5.22. The highest BCUT2D eigenvalue weighted by atomic mass is 32.2. The van der Waals surface area contributed by atoms with Gasteiger partial charge in [-0.2, -0.15) is 4.31 Å². The van der Waals surface area contributed by atoms with Crippen LogP contribution in [-0.4, -0.2) is 46.6 Å². The second kappa shape index (κ2) is 4.99. The Kier molecular flexibility index (Phi) is 3.74. The SMILES string of the molecule is CCn1cc(S(=O)(=O)N2CCCC2CO)nc1C. The highest BCUT2D eigenvalue weighted by Crippen LogP contribution is 2.25. The Morgan fingerprint density at radius 1 is 1.56 bits per heavy atom. The van der Waals surface area contributed by atoms with E-state index in [-0.39, 0.29) is 17.7 Å². The summed E-state index contributed by atoms with van der Waals surface area (Å²) in [7, 11) is -3.57. The molecule has 0 aliphatic carbocycles. The van der Waals surface area contributed by atoms with Crippen molar-refractivity contribution in [3.05, 3.63) is 12.0 Å². The molecule has 2 rings (SSSR count). The van der Waals surface area contributed by atoms with Crippen molar-refractivity contribution < 1.29 is 13.5 Å². The molecule has 0 radical (unpaired) electrons. The molecule has 1 aromatic heterocycles. The van der Waals surface area contributed by atoms with E-state index in [4.69, 9.17) is 0 Å². The molecule has 102 valence electrons. The fourth-order valence-electron chi connectivity index (χ4n) is 2.35. The maximum absolute atomic E-state index is 12.4. The summed E-state index contributed by atoms with van der Waals surface area (Å²) in [5, 5.41) is 9.31. The Morgan fingerprint density at radius 2 is 2.28 bits per heavy atom. The van der Waals surface area contributed by atoms with Crippen LogP contribution in [-0.2, 0) is 16.6 Å². The highest BCUT2D eigenvalue weighted by molar-refractivity contribution is 7.89. The minimum absolute atomic E-state index is 0.0854. The van der Waals surface area contributed by atoms with E-state index >= 15 is 0 Å². The molecule has 1 atom stereocenters. The van der Waals surface area contributed by atoms with Gasteiger partial charge in [0.1, 0.15) is 5.82 Å². The number of sulfonamides is 1. The van der Waals surface area contributed by atoms with E-state index < -0.39 is 10.0 Å². The first-order chi connectivity index (χ1) is 8.50. The fourth-order valence-corrected chi connectivity index (χ4v) is 4.03. The molecule has 6 nitrogen and oxygen atoms in total. The normalized spacial score (nSPS) is 21.6. The fraction of sp³-hybridized carbons (Fsp3) is 0.727. The lowest BCUT2D eigenvalue weighted by molar-refractivity contribution is 0.213. The first kappa shape index (κ1) is 13.5. The van der Waals surface area contributed by atoms with Crippen molar-refractivity contribution in [2.24, 2.45) is 0 Å². The molecule has 0 saturated carbocycles. The van der Waals surface area contributed by atoms with Crippen LogP contribution < -0.4 is 0 Å². The van der Waals surface area contributed by atoms with Gasteiger partial charge < -0.3 is 9.67 Å². The van der Waals surface area contributed by atoms with E-state index in [9.17, 15) is 13.5 Å². The molecule has 2 heterocycles. The van der Waals surface area contributed by atoms with Crippen LogP contribution in [0, 0.1) is 6.92 Å². The summed E-state index contributed by atoms with van der Waals surface area (Å²) in [6.07, 6.45) is 3.07. The number of aryl methyl sites for hydroxylation is 2. The van der Waals surface area contributed by atoms with Gasteiger partial charge in [0.25, 0.3) is 10.0 Å². The zero-order valence-corrected chi connectivity index (χ0v) is 11.5. The molecule has 1 aromatic rings. The molecule has 0 spiro atoms. The van der Waals surface area contributed by atoms with E-state index in [1.807, 2.05) is 6.92 Å². The molecule has 18 heavy (non-hydrogen) atoms. The average molecular weight is 273 g/mol. The van der Waals surface area contributed by atoms with Gasteiger partial charge in [0, 0.05) is 25.3 Å². The number of aliphatic hydroxyl groups excluding tert-OH is 1. The van der Waals surface area contributed by atoms with Crippen LogP contribution in [0.2, 0.25) is 0 Å². The molecule has 0 amide bonds. The Morgan fingerprint density at radius 3 is 2.83 bits per heavy atom. The molecule has 0 bridgehead atoms. The summed E-state index contributed by atoms with van der Waals surface area (Å²) in [4.78, 5) is 4.12. The van der Waals surface area contributed by atoms with Crippen molar-refractivity contribution in [3.8, 4) is 0 Å². The standard InChI is InChI=1S/C11H19N3O3S/c1-3-13-7-11(12-9(13)2)18(16,17)14-6-4-5-10(14)8-15/h7,10,15H,3-6,8H2,1-2H3. The van der Waals surface area contributed by atoms with Crippen molar-refractivity contribution in [1.82, 2.24) is 13.9 Å². The zero-order chi connectivity index (χ0) is 13.3. The van der Waals surface area contributed by atoms with Crippen LogP contribution in [0.25, 0.3) is 0 Å². The van der Waals surface area contributed by atoms with Crippen LogP contribution in [0.5, 0.6) is 0 Å². The van der Waals surface area contributed by atoms with Crippen molar-refractivity contribution in [1.29, 1.82) is 0 Å². The number of aliphatic hydroxyl groups is 1. The van der Waals surface area contributed by atoms with Crippen LogP contribution in [0.1, 0.15) is 25.6 Å². The topological polar surface area (TPSA) is 75.4 Å². The lowest BCUT2D eigenvalue weighted by Gasteiger charge is -2.20. The zero-order valence-electron chi connectivity index (χ0n) is 10.7. The second-order valence-corrected chi connectivity index (χ2v) is 6.34. The number of nitrogens with zero attached hydrogens (tertiary/aromatic N) is 3. The van der Waals surface area contributed by atoms with Crippen LogP contribution in [0.3, 0.4) is 0 Å². The minimum atomic E-state index is -3.57. The predicted molar refractivity (Wildman–Crippen MR) is 66.6 cm³/mol. The second-order valence-electron chi connectivity index (χ2n) is 4.51. The average Bonchev–Trinajstić information content (AvgIpc) is 2.94. The summed E-state index contributed by atoms with van der Waals surface area (Å²) < 4.78 is 28.0. The smallest absolute Gasteiger partial charge is 0.262 e. The molecule has 1 aliphatic heterocycles. The Balaban J connectivity index is 2.35. The van der Waals surface area contributed by atoms with Gasteiger partial charge in [-0.15, -0.1) is 0 Å². The summed E-state index contributed by atoms with van der Waals surface area (Å²) >= 11 is 0. The first-order valence-electron chi connectivity index (χ1n) is 6.17. The molecular formula is C11H19N3O3S. The summed E-state index contributed by atoms with van der Waals surface area (Å²) in [6, 6.07) is -0.304. The van der Waals surface area contributed by atoms with Crippen LogP contribution in [0.15, 0.2) is 11.2 Å².